The zero-order chi connectivity index (χ0) is 12.1. The van der Waals surface area contributed by atoms with Gasteiger partial charge in [-0.15, -0.1) is 11.3 Å². The number of unbranched alkanes of at least 4 members (excludes halogenated alkanes) is 1. The van der Waals surface area contributed by atoms with Crippen LogP contribution >= 0.6 is 11.3 Å². The van der Waals surface area contributed by atoms with Crippen molar-refractivity contribution in [3.8, 4) is 0 Å². The normalized spacial score (nSPS) is 15.1. The molecule has 0 bridgehead atoms. The van der Waals surface area contributed by atoms with Gasteiger partial charge in [0.2, 0.25) is 0 Å². The van der Waals surface area contributed by atoms with Crippen LogP contribution in [0.3, 0.4) is 0 Å². The summed E-state index contributed by atoms with van der Waals surface area (Å²) in [5.74, 6) is 0. The molecule has 0 radical (unpaired) electrons. The van der Waals surface area contributed by atoms with Crippen LogP contribution in [-0.2, 0) is 0 Å². The molecule has 0 aliphatic heterocycles. The van der Waals surface area contributed by atoms with Crippen molar-refractivity contribution in [1.82, 2.24) is 10.3 Å². The molecule has 1 heterocycles. The van der Waals surface area contributed by atoms with Crippen LogP contribution in [0.15, 0.2) is 0 Å². The van der Waals surface area contributed by atoms with Gasteiger partial charge >= 0.3 is 0 Å². The molecular formula is C13H24N2S. The van der Waals surface area contributed by atoms with Gasteiger partial charge in [0.05, 0.1) is 10.7 Å². The van der Waals surface area contributed by atoms with E-state index in [4.69, 9.17) is 0 Å². The Balaban J connectivity index is 2.51. The molecule has 0 fully saturated rings. The van der Waals surface area contributed by atoms with Gasteiger partial charge in [0.1, 0.15) is 0 Å². The third kappa shape index (κ3) is 3.87. The Kier molecular flexibility index (Phi) is 5.42. The number of aryl methyl sites for hydroxylation is 2. The predicted octanol–water partition coefficient (Wildman–Crippen LogP) is 3.99. The third-order valence-corrected chi connectivity index (χ3v) is 3.78. The average molecular weight is 240 g/mol. The van der Waals surface area contributed by atoms with Crippen molar-refractivity contribution in [3.63, 3.8) is 0 Å². The lowest BCUT2D eigenvalue weighted by molar-refractivity contribution is 0.439. The first kappa shape index (κ1) is 13.7. The van der Waals surface area contributed by atoms with E-state index in [0.717, 1.165) is 0 Å². The minimum Gasteiger partial charge on any atom is -0.306 e. The highest BCUT2D eigenvalue weighted by Crippen LogP contribution is 2.23. The second kappa shape index (κ2) is 6.36. The molecule has 0 aliphatic rings. The van der Waals surface area contributed by atoms with Gasteiger partial charge in [-0.2, -0.15) is 0 Å². The highest BCUT2D eigenvalue weighted by atomic mass is 32.1. The summed E-state index contributed by atoms with van der Waals surface area (Å²) < 4.78 is 0. The first-order valence-electron chi connectivity index (χ1n) is 6.24. The molecule has 2 unspecified atom stereocenters. The predicted molar refractivity (Wildman–Crippen MR) is 72.1 cm³/mol. The molecule has 3 heteroatoms. The first-order chi connectivity index (χ1) is 7.54. The van der Waals surface area contributed by atoms with E-state index in [-0.39, 0.29) is 0 Å². The molecule has 1 rings (SSSR count). The molecule has 92 valence electrons. The Morgan fingerprint density at radius 3 is 2.50 bits per heavy atom. The molecule has 1 aromatic rings. The second-order valence-electron chi connectivity index (χ2n) is 4.61. The SMILES string of the molecule is CCCCC(C)NC(C)c1nc(C)sc1C. The summed E-state index contributed by atoms with van der Waals surface area (Å²) in [6, 6.07) is 0.952. The van der Waals surface area contributed by atoms with Gasteiger partial charge in [-0.05, 0) is 34.1 Å². The zero-order valence-electron chi connectivity index (χ0n) is 11.1. The molecule has 2 nitrogen and oxygen atoms in total. The summed E-state index contributed by atoms with van der Waals surface area (Å²) in [5.41, 5.74) is 1.23. The zero-order valence-corrected chi connectivity index (χ0v) is 11.9. The summed E-state index contributed by atoms with van der Waals surface area (Å²) in [7, 11) is 0. The standard InChI is InChI=1S/C13H24N2S/c1-6-7-8-9(2)14-10(3)13-11(4)16-12(5)15-13/h9-10,14H,6-8H2,1-5H3. The molecule has 2 atom stereocenters. The van der Waals surface area contributed by atoms with E-state index in [1.54, 1.807) is 11.3 Å². The molecule has 0 spiro atoms. The van der Waals surface area contributed by atoms with Crippen LogP contribution in [0.5, 0.6) is 0 Å². The number of nitrogens with zero attached hydrogens (tertiary/aromatic N) is 1. The Morgan fingerprint density at radius 2 is 2.00 bits per heavy atom. The van der Waals surface area contributed by atoms with Gasteiger partial charge in [0.15, 0.2) is 0 Å². The number of hydrogen-bond acceptors (Lipinski definition) is 3. The van der Waals surface area contributed by atoms with E-state index in [1.165, 1.54) is 34.8 Å². The van der Waals surface area contributed by atoms with Gasteiger partial charge in [-0.25, -0.2) is 4.98 Å². The van der Waals surface area contributed by atoms with Crippen molar-refractivity contribution in [1.29, 1.82) is 0 Å². The quantitative estimate of drug-likeness (QED) is 0.813. The average Bonchev–Trinajstić information content (AvgIpc) is 2.54. The van der Waals surface area contributed by atoms with Gasteiger partial charge in [-0.3, -0.25) is 0 Å². The lowest BCUT2D eigenvalue weighted by atomic mass is 10.1. The molecule has 0 aromatic carbocycles. The maximum Gasteiger partial charge on any atom is 0.0900 e. The van der Waals surface area contributed by atoms with E-state index >= 15 is 0 Å². The second-order valence-corrected chi connectivity index (χ2v) is 6.01. The van der Waals surface area contributed by atoms with E-state index in [1.807, 2.05) is 0 Å². The van der Waals surface area contributed by atoms with Gasteiger partial charge in [0, 0.05) is 17.0 Å². The molecule has 1 aromatic heterocycles. The summed E-state index contributed by atoms with van der Waals surface area (Å²) in [4.78, 5) is 5.95. The molecule has 1 N–H and O–H groups in total. The fourth-order valence-corrected chi connectivity index (χ4v) is 2.96. The fourth-order valence-electron chi connectivity index (χ4n) is 2.05. The summed E-state index contributed by atoms with van der Waals surface area (Å²) >= 11 is 1.79. The number of hydrogen-bond donors (Lipinski definition) is 1. The van der Waals surface area contributed by atoms with Crippen LogP contribution < -0.4 is 5.32 Å². The van der Waals surface area contributed by atoms with Gasteiger partial charge in [0.25, 0.3) is 0 Å². The fraction of sp³-hybridized carbons (Fsp3) is 0.769. The van der Waals surface area contributed by atoms with Crippen molar-refractivity contribution >= 4 is 11.3 Å². The number of aromatic nitrogens is 1. The number of rotatable bonds is 6. The van der Waals surface area contributed by atoms with Gasteiger partial charge < -0.3 is 5.32 Å². The number of nitrogens with one attached hydrogen (secondary N) is 1. The highest BCUT2D eigenvalue weighted by Gasteiger charge is 2.14. The maximum atomic E-state index is 4.60. The smallest absolute Gasteiger partial charge is 0.0900 e. The minimum atomic E-state index is 0.372. The molecule has 0 saturated carbocycles. The van der Waals surface area contributed by atoms with Gasteiger partial charge in [-0.1, -0.05) is 19.8 Å². The Labute approximate surface area is 103 Å². The van der Waals surface area contributed by atoms with E-state index in [0.29, 0.717) is 12.1 Å². The van der Waals surface area contributed by atoms with E-state index in [9.17, 15) is 0 Å². The first-order valence-corrected chi connectivity index (χ1v) is 7.06. The maximum absolute atomic E-state index is 4.60. The van der Waals surface area contributed by atoms with Crippen LogP contribution in [0.25, 0.3) is 0 Å². The van der Waals surface area contributed by atoms with Crippen LogP contribution in [-0.4, -0.2) is 11.0 Å². The largest absolute Gasteiger partial charge is 0.306 e. The summed E-state index contributed by atoms with van der Waals surface area (Å²) in [6.45, 7) is 11.0. The minimum absolute atomic E-state index is 0.372. The van der Waals surface area contributed by atoms with Crippen LogP contribution in [0.4, 0.5) is 0 Å². The molecular weight excluding hydrogens is 216 g/mol. The van der Waals surface area contributed by atoms with E-state index < -0.39 is 0 Å². The van der Waals surface area contributed by atoms with E-state index in [2.05, 4.69) is 44.9 Å². The Morgan fingerprint density at radius 1 is 1.31 bits per heavy atom. The van der Waals surface area contributed by atoms with Crippen molar-refractivity contribution in [2.45, 2.75) is 66.0 Å². The van der Waals surface area contributed by atoms with Crippen LogP contribution in [0.1, 0.15) is 61.7 Å². The third-order valence-electron chi connectivity index (χ3n) is 2.87. The van der Waals surface area contributed by atoms with Crippen molar-refractivity contribution in [2.24, 2.45) is 0 Å². The molecule has 16 heavy (non-hydrogen) atoms. The lowest BCUT2D eigenvalue weighted by Crippen LogP contribution is -2.29. The molecule has 0 aliphatic carbocycles. The lowest BCUT2D eigenvalue weighted by Gasteiger charge is -2.19. The summed E-state index contributed by atoms with van der Waals surface area (Å²) in [6.07, 6.45) is 3.83. The topological polar surface area (TPSA) is 24.9 Å². The Bertz CT molecular complexity index is 320. The molecule has 0 saturated heterocycles. The van der Waals surface area contributed by atoms with Crippen LogP contribution in [0, 0.1) is 13.8 Å². The Hall–Kier alpha value is -0.410. The molecule has 0 amide bonds. The monoisotopic (exact) mass is 240 g/mol. The van der Waals surface area contributed by atoms with Crippen molar-refractivity contribution in [2.75, 3.05) is 0 Å². The highest BCUT2D eigenvalue weighted by molar-refractivity contribution is 7.11. The number of thiazole rings is 1. The summed E-state index contributed by atoms with van der Waals surface area (Å²) in [5, 5.41) is 4.80. The van der Waals surface area contributed by atoms with Crippen molar-refractivity contribution < 1.29 is 0 Å². The van der Waals surface area contributed by atoms with Crippen molar-refractivity contribution in [3.05, 3.63) is 15.6 Å². The van der Waals surface area contributed by atoms with Crippen LogP contribution in [0.2, 0.25) is 0 Å².